The SMILES string of the molecule is COc1ccc(C#CCNC(=O)OCc2ccccc2)cc1/C=C/C(=O)O. The second-order valence-electron chi connectivity index (χ2n) is 5.35. The van der Waals surface area contributed by atoms with Gasteiger partial charge in [-0.05, 0) is 29.8 Å². The van der Waals surface area contributed by atoms with Gasteiger partial charge < -0.3 is 19.9 Å². The Hall–Kier alpha value is -3.72. The third-order valence-corrected chi connectivity index (χ3v) is 3.40. The Kier molecular flexibility index (Phi) is 7.49. The number of carbonyl (C=O) groups excluding carboxylic acids is 1. The number of hydrogen-bond donors (Lipinski definition) is 2. The molecule has 0 aliphatic carbocycles. The number of rotatable bonds is 6. The van der Waals surface area contributed by atoms with Crippen LogP contribution in [0.1, 0.15) is 16.7 Å². The minimum atomic E-state index is -1.05. The van der Waals surface area contributed by atoms with Crippen LogP contribution in [0.4, 0.5) is 4.79 Å². The summed E-state index contributed by atoms with van der Waals surface area (Å²) in [5, 5.41) is 11.3. The maximum absolute atomic E-state index is 11.6. The van der Waals surface area contributed by atoms with E-state index in [1.165, 1.54) is 13.2 Å². The smallest absolute Gasteiger partial charge is 0.408 e. The molecule has 0 radical (unpaired) electrons. The molecule has 1 amide bonds. The molecule has 0 saturated carbocycles. The molecular weight excluding hydrogens is 346 g/mol. The normalized spacial score (nSPS) is 9.96. The van der Waals surface area contributed by atoms with Gasteiger partial charge in [0.2, 0.25) is 0 Å². The summed E-state index contributed by atoms with van der Waals surface area (Å²) in [6.45, 7) is 0.317. The average molecular weight is 365 g/mol. The number of alkyl carbamates (subject to hydrolysis) is 1. The van der Waals surface area contributed by atoms with Crippen molar-refractivity contribution in [2.24, 2.45) is 0 Å². The molecule has 0 saturated heterocycles. The first-order valence-electron chi connectivity index (χ1n) is 8.11. The number of hydrogen-bond acceptors (Lipinski definition) is 4. The van der Waals surface area contributed by atoms with Crippen LogP contribution in [0.15, 0.2) is 54.6 Å². The molecule has 0 bridgehead atoms. The fraction of sp³-hybridized carbons (Fsp3) is 0.143. The Morgan fingerprint density at radius 2 is 1.96 bits per heavy atom. The predicted octanol–water partition coefficient (Wildman–Crippen LogP) is 3.07. The van der Waals surface area contributed by atoms with Gasteiger partial charge in [-0.25, -0.2) is 9.59 Å². The van der Waals surface area contributed by atoms with Crippen molar-refractivity contribution in [3.63, 3.8) is 0 Å². The van der Waals surface area contributed by atoms with Gasteiger partial charge in [0.05, 0.1) is 13.7 Å². The number of methoxy groups -OCH3 is 1. The van der Waals surface area contributed by atoms with Gasteiger partial charge in [0.1, 0.15) is 12.4 Å². The Labute approximate surface area is 157 Å². The molecule has 0 aliphatic rings. The highest BCUT2D eigenvalue weighted by Gasteiger charge is 2.02. The zero-order valence-electron chi connectivity index (χ0n) is 14.8. The van der Waals surface area contributed by atoms with Crippen LogP contribution in [0, 0.1) is 11.8 Å². The van der Waals surface area contributed by atoms with Crippen molar-refractivity contribution in [3.05, 3.63) is 71.3 Å². The zero-order valence-corrected chi connectivity index (χ0v) is 14.8. The second kappa shape index (κ2) is 10.3. The van der Waals surface area contributed by atoms with Crippen LogP contribution < -0.4 is 10.1 Å². The summed E-state index contributed by atoms with van der Waals surface area (Å²) >= 11 is 0. The number of aliphatic carboxylic acids is 1. The van der Waals surface area contributed by atoms with E-state index in [1.807, 2.05) is 30.3 Å². The molecule has 0 spiro atoms. The van der Waals surface area contributed by atoms with Gasteiger partial charge in [-0.15, -0.1) is 0 Å². The zero-order chi connectivity index (χ0) is 19.5. The van der Waals surface area contributed by atoms with Crippen molar-refractivity contribution in [1.29, 1.82) is 0 Å². The number of ether oxygens (including phenoxy) is 2. The fourth-order valence-electron chi connectivity index (χ4n) is 2.14. The van der Waals surface area contributed by atoms with Gasteiger partial charge in [-0.2, -0.15) is 0 Å². The van der Waals surface area contributed by atoms with E-state index in [9.17, 15) is 9.59 Å². The van der Waals surface area contributed by atoms with E-state index in [0.29, 0.717) is 16.9 Å². The van der Waals surface area contributed by atoms with Crippen molar-refractivity contribution in [3.8, 4) is 17.6 Å². The molecule has 2 aromatic carbocycles. The topological polar surface area (TPSA) is 84.9 Å². The third kappa shape index (κ3) is 6.96. The monoisotopic (exact) mass is 365 g/mol. The Balaban J connectivity index is 1.88. The van der Waals surface area contributed by atoms with E-state index in [0.717, 1.165) is 11.6 Å². The highest BCUT2D eigenvalue weighted by molar-refractivity contribution is 5.86. The van der Waals surface area contributed by atoms with Gasteiger partial charge in [0.25, 0.3) is 0 Å². The van der Waals surface area contributed by atoms with Crippen LogP contribution in [0.2, 0.25) is 0 Å². The molecule has 0 aliphatic heterocycles. The molecule has 0 atom stereocenters. The van der Waals surface area contributed by atoms with Crippen LogP contribution in [-0.4, -0.2) is 30.8 Å². The Bertz CT molecular complexity index is 878. The number of carboxylic acid groups (broad SMARTS) is 1. The molecule has 2 aromatic rings. The molecule has 6 nitrogen and oxygen atoms in total. The second-order valence-corrected chi connectivity index (χ2v) is 5.35. The van der Waals surface area contributed by atoms with Crippen molar-refractivity contribution < 1.29 is 24.2 Å². The number of amides is 1. The number of carboxylic acids is 1. The van der Waals surface area contributed by atoms with E-state index >= 15 is 0 Å². The molecule has 2 rings (SSSR count). The van der Waals surface area contributed by atoms with Gasteiger partial charge >= 0.3 is 12.1 Å². The first-order valence-corrected chi connectivity index (χ1v) is 8.11. The summed E-state index contributed by atoms with van der Waals surface area (Å²) in [5.41, 5.74) is 2.17. The third-order valence-electron chi connectivity index (χ3n) is 3.40. The molecule has 2 N–H and O–H groups in total. The molecule has 27 heavy (non-hydrogen) atoms. The lowest BCUT2D eigenvalue weighted by molar-refractivity contribution is -0.131. The highest BCUT2D eigenvalue weighted by atomic mass is 16.5. The molecule has 0 unspecified atom stereocenters. The van der Waals surface area contributed by atoms with Crippen molar-refractivity contribution in [2.45, 2.75) is 6.61 Å². The van der Waals surface area contributed by atoms with E-state index in [1.54, 1.807) is 18.2 Å². The van der Waals surface area contributed by atoms with E-state index < -0.39 is 12.1 Å². The van der Waals surface area contributed by atoms with Crippen LogP contribution in [0.25, 0.3) is 6.08 Å². The number of benzene rings is 2. The van der Waals surface area contributed by atoms with Crippen molar-refractivity contribution >= 4 is 18.1 Å². The first kappa shape index (κ1) is 19.6. The number of carbonyl (C=O) groups is 2. The molecular formula is C21H19NO5. The maximum atomic E-state index is 11.6. The molecule has 0 heterocycles. The quantitative estimate of drug-likeness (QED) is 0.607. The molecule has 0 fully saturated rings. The van der Waals surface area contributed by atoms with E-state index in [-0.39, 0.29) is 13.2 Å². The molecule has 6 heteroatoms. The summed E-state index contributed by atoms with van der Waals surface area (Å²) in [7, 11) is 1.50. The van der Waals surface area contributed by atoms with Crippen molar-refractivity contribution in [1.82, 2.24) is 5.32 Å². The van der Waals surface area contributed by atoms with E-state index in [4.69, 9.17) is 14.6 Å². The predicted molar refractivity (Wildman–Crippen MR) is 101 cm³/mol. The van der Waals surface area contributed by atoms with Gasteiger partial charge in [-0.3, -0.25) is 0 Å². The summed E-state index contributed by atoms with van der Waals surface area (Å²) < 4.78 is 10.3. The van der Waals surface area contributed by atoms with E-state index in [2.05, 4.69) is 17.2 Å². The summed E-state index contributed by atoms with van der Waals surface area (Å²) in [5.74, 6) is 5.21. The van der Waals surface area contributed by atoms with Gasteiger partial charge in [0, 0.05) is 17.2 Å². The highest BCUT2D eigenvalue weighted by Crippen LogP contribution is 2.21. The minimum Gasteiger partial charge on any atom is -0.496 e. The minimum absolute atomic E-state index is 0.125. The molecule has 0 aromatic heterocycles. The standard InChI is InChI=1S/C21H19NO5/c1-26-19-11-9-16(14-18(19)10-12-20(23)24)8-5-13-22-21(25)27-15-17-6-3-2-4-7-17/h2-4,6-7,9-12,14H,13,15H2,1H3,(H,22,25)(H,23,24)/b12-10+. The van der Waals surface area contributed by atoms with Crippen LogP contribution >= 0.6 is 0 Å². The average Bonchev–Trinajstić information content (AvgIpc) is 2.69. The first-order chi connectivity index (χ1) is 13.1. The van der Waals surface area contributed by atoms with Crippen LogP contribution in [0.5, 0.6) is 5.75 Å². The lowest BCUT2D eigenvalue weighted by Crippen LogP contribution is -2.24. The Morgan fingerprint density at radius 1 is 1.19 bits per heavy atom. The Morgan fingerprint density at radius 3 is 2.67 bits per heavy atom. The summed E-state index contributed by atoms with van der Waals surface area (Å²) in [4.78, 5) is 22.3. The van der Waals surface area contributed by atoms with Crippen molar-refractivity contribution in [2.75, 3.05) is 13.7 Å². The van der Waals surface area contributed by atoms with Crippen LogP contribution in [-0.2, 0) is 16.1 Å². The lowest BCUT2D eigenvalue weighted by atomic mass is 10.1. The molecule has 138 valence electrons. The number of nitrogens with one attached hydrogen (secondary N) is 1. The summed E-state index contributed by atoms with van der Waals surface area (Å²) in [6.07, 6.45) is 1.92. The summed E-state index contributed by atoms with van der Waals surface area (Å²) in [6, 6.07) is 14.5. The fourth-order valence-corrected chi connectivity index (χ4v) is 2.14. The lowest BCUT2D eigenvalue weighted by Gasteiger charge is -2.05. The van der Waals surface area contributed by atoms with Gasteiger partial charge in [0.15, 0.2) is 0 Å². The largest absolute Gasteiger partial charge is 0.496 e. The van der Waals surface area contributed by atoms with Gasteiger partial charge in [-0.1, -0.05) is 42.2 Å². The van der Waals surface area contributed by atoms with Crippen LogP contribution in [0.3, 0.4) is 0 Å². The maximum Gasteiger partial charge on any atom is 0.408 e.